The second-order valence-corrected chi connectivity index (χ2v) is 5.78. The second kappa shape index (κ2) is 6.89. The molecule has 2 N–H and O–H groups in total. The molecule has 0 aliphatic carbocycles. The van der Waals surface area contributed by atoms with Gasteiger partial charge < -0.3 is 10.4 Å². The highest BCUT2D eigenvalue weighted by atomic mass is 35.5. The molecule has 6 nitrogen and oxygen atoms in total. The lowest BCUT2D eigenvalue weighted by Crippen LogP contribution is -2.46. The van der Waals surface area contributed by atoms with Crippen molar-refractivity contribution in [1.29, 1.82) is 0 Å². The second-order valence-electron chi connectivity index (χ2n) is 5.34. The number of carbonyl (C=O) groups is 1. The molecule has 0 saturated heterocycles. The Balaban J connectivity index is 2.16. The quantitative estimate of drug-likeness (QED) is 0.854. The predicted octanol–water partition coefficient (Wildman–Crippen LogP) is 2.20. The minimum atomic E-state index is -0.467. The van der Waals surface area contributed by atoms with Crippen molar-refractivity contribution in [3.8, 4) is 5.69 Å². The van der Waals surface area contributed by atoms with Gasteiger partial charge in [-0.1, -0.05) is 24.6 Å². The van der Waals surface area contributed by atoms with Crippen LogP contribution in [0, 0.1) is 0 Å². The van der Waals surface area contributed by atoms with E-state index in [1.165, 1.54) is 11.0 Å². The SMILES string of the molecule is CCC(C)(CCO)NC(=O)c1cnn(-c2cccc(Cl)c2)n1. The van der Waals surface area contributed by atoms with Crippen LogP contribution < -0.4 is 5.32 Å². The van der Waals surface area contributed by atoms with E-state index < -0.39 is 5.54 Å². The molecule has 7 heteroatoms. The predicted molar refractivity (Wildman–Crippen MR) is 84.2 cm³/mol. The van der Waals surface area contributed by atoms with Gasteiger partial charge in [0.15, 0.2) is 5.69 Å². The van der Waals surface area contributed by atoms with Gasteiger partial charge in [0.2, 0.25) is 0 Å². The Hall–Kier alpha value is -1.92. The smallest absolute Gasteiger partial charge is 0.273 e. The molecule has 0 spiro atoms. The van der Waals surface area contributed by atoms with Crippen molar-refractivity contribution in [1.82, 2.24) is 20.3 Å². The molecule has 118 valence electrons. The zero-order valence-corrected chi connectivity index (χ0v) is 13.3. The number of amides is 1. The molecule has 22 heavy (non-hydrogen) atoms. The lowest BCUT2D eigenvalue weighted by Gasteiger charge is -2.28. The van der Waals surface area contributed by atoms with Crippen LogP contribution in [0.3, 0.4) is 0 Å². The third-order valence-corrected chi connectivity index (χ3v) is 3.86. The Morgan fingerprint density at radius 2 is 2.27 bits per heavy atom. The number of benzene rings is 1. The molecule has 1 heterocycles. The summed E-state index contributed by atoms with van der Waals surface area (Å²) in [6.45, 7) is 3.86. The van der Waals surface area contributed by atoms with E-state index in [0.29, 0.717) is 23.6 Å². The number of halogens is 1. The fraction of sp³-hybridized carbons (Fsp3) is 0.400. The average Bonchev–Trinajstić information content (AvgIpc) is 2.97. The maximum absolute atomic E-state index is 12.3. The number of nitrogens with zero attached hydrogens (tertiary/aromatic N) is 3. The largest absolute Gasteiger partial charge is 0.396 e. The topological polar surface area (TPSA) is 80.0 Å². The molecule has 1 amide bonds. The minimum Gasteiger partial charge on any atom is -0.396 e. The van der Waals surface area contributed by atoms with Crippen LogP contribution in [-0.2, 0) is 0 Å². The van der Waals surface area contributed by atoms with Gasteiger partial charge in [0.25, 0.3) is 5.91 Å². The Morgan fingerprint density at radius 3 is 2.91 bits per heavy atom. The molecule has 1 atom stereocenters. The van der Waals surface area contributed by atoms with Crippen molar-refractivity contribution in [3.05, 3.63) is 41.2 Å². The first-order chi connectivity index (χ1) is 10.5. The first-order valence-electron chi connectivity index (χ1n) is 7.09. The van der Waals surface area contributed by atoms with E-state index in [4.69, 9.17) is 16.7 Å². The Bertz CT molecular complexity index is 658. The normalized spacial score (nSPS) is 13.6. The first-order valence-corrected chi connectivity index (χ1v) is 7.47. The molecule has 0 fully saturated rings. The number of carbonyl (C=O) groups excluding carboxylic acids is 1. The number of rotatable bonds is 6. The number of aliphatic hydroxyl groups excluding tert-OH is 1. The number of hydrogen-bond acceptors (Lipinski definition) is 4. The third kappa shape index (κ3) is 3.84. The monoisotopic (exact) mass is 322 g/mol. The zero-order chi connectivity index (χ0) is 16.2. The standard InChI is InChI=1S/C15H19ClN4O2/c1-3-15(2,7-8-21)18-14(22)13-10-17-20(19-13)12-6-4-5-11(16)9-12/h4-6,9-10,21H,3,7-8H2,1-2H3,(H,18,22). The number of aromatic nitrogens is 3. The van der Waals surface area contributed by atoms with Gasteiger partial charge in [0.1, 0.15) is 0 Å². The summed E-state index contributed by atoms with van der Waals surface area (Å²) in [6.07, 6.45) is 2.60. The summed E-state index contributed by atoms with van der Waals surface area (Å²) in [7, 11) is 0. The van der Waals surface area contributed by atoms with Crippen LogP contribution >= 0.6 is 11.6 Å². The van der Waals surface area contributed by atoms with Crippen LogP contribution in [-0.4, -0.2) is 38.2 Å². The van der Waals surface area contributed by atoms with Crippen LogP contribution in [0.15, 0.2) is 30.5 Å². The molecular weight excluding hydrogens is 304 g/mol. The van der Waals surface area contributed by atoms with Crippen LogP contribution in [0.1, 0.15) is 37.2 Å². The van der Waals surface area contributed by atoms with Crippen molar-refractivity contribution >= 4 is 17.5 Å². The van der Waals surface area contributed by atoms with Crippen LogP contribution in [0.25, 0.3) is 5.69 Å². The molecule has 1 aromatic carbocycles. The summed E-state index contributed by atoms with van der Waals surface area (Å²) < 4.78 is 0. The summed E-state index contributed by atoms with van der Waals surface area (Å²) in [4.78, 5) is 13.6. The van der Waals surface area contributed by atoms with Gasteiger partial charge in [-0.25, -0.2) is 0 Å². The molecule has 1 aromatic heterocycles. The Labute approximate surface area is 134 Å². The summed E-state index contributed by atoms with van der Waals surface area (Å²) in [5, 5.41) is 20.8. The molecular formula is C15H19ClN4O2. The molecule has 0 saturated carbocycles. The number of nitrogens with one attached hydrogen (secondary N) is 1. The molecule has 0 aliphatic rings. The van der Waals surface area contributed by atoms with Gasteiger partial charge in [-0.15, -0.1) is 5.10 Å². The summed E-state index contributed by atoms with van der Waals surface area (Å²) in [5.74, 6) is -0.314. The zero-order valence-electron chi connectivity index (χ0n) is 12.6. The van der Waals surface area contributed by atoms with Gasteiger partial charge in [0.05, 0.1) is 11.9 Å². The molecule has 0 radical (unpaired) electrons. The van der Waals surface area contributed by atoms with Crippen molar-refractivity contribution in [3.63, 3.8) is 0 Å². The van der Waals surface area contributed by atoms with Crippen LogP contribution in [0.2, 0.25) is 5.02 Å². The van der Waals surface area contributed by atoms with E-state index in [0.717, 1.165) is 0 Å². The lowest BCUT2D eigenvalue weighted by molar-refractivity contribution is 0.0880. The van der Waals surface area contributed by atoms with Gasteiger partial charge >= 0.3 is 0 Å². The fourth-order valence-corrected chi connectivity index (χ4v) is 2.19. The molecule has 1 unspecified atom stereocenters. The van der Waals surface area contributed by atoms with Gasteiger partial charge in [-0.3, -0.25) is 4.79 Å². The van der Waals surface area contributed by atoms with E-state index in [1.54, 1.807) is 24.3 Å². The maximum Gasteiger partial charge on any atom is 0.273 e. The molecule has 2 rings (SSSR count). The van der Waals surface area contributed by atoms with Gasteiger partial charge in [-0.05, 0) is 38.0 Å². The highest BCUT2D eigenvalue weighted by molar-refractivity contribution is 6.30. The van der Waals surface area contributed by atoms with E-state index in [1.807, 2.05) is 13.8 Å². The van der Waals surface area contributed by atoms with Crippen LogP contribution in [0.4, 0.5) is 0 Å². The summed E-state index contributed by atoms with van der Waals surface area (Å²) in [6, 6.07) is 7.06. The average molecular weight is 323 g/mol. The molecule has 0 aliphatic heterocycles. The summed E-state index contributed by atoms with van der Waals surface area (Å²) >= 11 is 5.93. The minimum absolute atomic E-state index is 0.0137. The van der Waals surface area contributed by atoms with E-state index in [2.05, 4.69) is 15.5 Å². The highest BCUT2D eigenvalue weighted by Gasteiger charge is 2.25. The van der Waals surface area contributed by atoms with Crippen molar-refractivity contribution < 1.29 is 9.90 Å². The molecule has 2 aromatic rings. The number of hydrogen-bond donors (Lipinski definition) is 2. The maximum atomic E-state index is 12.3. The Kier molecular flexibility index (Phi) is 5.15. The Morgan fingerprint density at radius 1 is 1.50 bits per heavy atom. The van der Waals surface area contributed by atoms with E-state index in [9.17, 15) is 4.79 Å². The highest BCUT2D eigenvalue weighted by Crippen LogP contribution is 2.16. The van der Waals surface area contributed by atoms with Crippen molar-refractivity contribution in [2.75, 3.05) is 6.61 Å². The van der Waals surface area contributed by atoms with Crippen molar-refractivity contribution in [2.45, 2.75) is 32.2 Å². The molecule has 0 bridgehead atoms. The van der Waals surface area contributed by atoms with E-state index >= 15 is 0 Å². The van der Waals surface area contributed by atoms with Crippen LogP contribution in [0.5, 0.6) is 0 Å². The number of aliphatic hydroxyl groups is 1. The van der Waals surface area contributed by atoms with Crippen molar-refractivity contribution in [2.24, 2.45) is 0 Å². The fourth-order valence-electron chi connectivity index (χ4n) is 2.00. The third-order valence-electron chi connectivity index (χ3n) is 3.62. The summed E-state index contributed by atoms with van der Waals surface area (Å²) in [5.41, 5.74) is 0.434. The van der Waals surface area contributed by atoms with Gasteiger partial charge in [-0.2, -0.15) is 9.90 Å². The van der Waals surface area contributed by atoms with E-state index in [-0.39, 0.29) is 18.2 Å². The first kappa shape index (κ1) is 16.5. The van der Waals surface area contributed by atoms with Gasteiger partial charge in [0, 0.05) is 17.2 Å². The lowest BCUT2D eigenvalue weighted by atomic mass is 9.95.